The van der Waals surface area contributed by atoms with E-state index < -0.39 is 7.82 Å². The summed E-state index contributed by atoms with van der Waals surface area (Å²) >= 11 is 0. The van der Waals surface area contributed by atoms with Crippen molar-refractivity contribution in [1.82, 2.24) is 0 Å². The smallest absolute Gasteiger partial charge is 0.302 e. The van der Waals surface area contributed by atoms with Crippen molar-refractivity contribution >= 4 is 13.6 Å². The van der Waals surface area contributed by atoms with Crippen molar-refractivity contribution in [1.29, 1.82) is 0 Å². The molecule has 24 heavy (non-hydrogen) atoms. The Kier molecular flexibility index (Phi) is 6.88. The number of benzene rings is 2. The van der Waals surface area contributed by atoms with Crippen molar-refractivity contribution in [3.05, 3.63) is 71.3 Å². The molecule has 1 N–H and O–H groups in total. The van der Waals surface area contributed by atoms with Gasteiger partial charge in [0.15, 0.2) is 5.78 Å². The molecule has 6 heteroatoms. The summed E-state index contributed by atoms with van der Waals surface area (Å²) in [6, 6.07) is 16.5. The molecule has 0 aliphatic heterocycles. The average molecular weight is 348 g/mol. The van der Waals surface area contributed by atoms with Crippen LogP contribution in [0, 0.1) is 0 Å². The zero-order valence-corrected chi connectivity index (χ0v) is 14.4. The number of hydrogen-bond donors (Lipinski definition) is 1. The van der Waals surface area contributed by atoms with Gasteiger partial charge in [-0.05, 0) is 25.3 Å². The highest BCUT2D eigenvalue weighted by molar-refractivity contribution is 7.47. The SMILES string of the molecule is CCOP(=O)(O)OCCCc1ccc(C(=O)c2ccccc2)cc1. The van der Waals surface area contributed by atoms with Gasteiger partial charge in [-0.1, -0.05) is 54.6 Å². The van der Waals surface area contributed by atoms with E-state index in [0.29, 0.717) is 24.0 Å². The Labute approximate surface area is 141 Å². The molecule has 0 radical (unpaired) electrons. The molecule has 0 heterocycles. The van der Waals surface area contributed by atoms with Crippen LogP contribution in [0.2, 0.25) is 0 Å². The molecule has 2 aromatic rings. The third-order valence-corrected chi connectivity index (χ3v) is 4.50. The minimum Gasteiger partial charge on any atom is -0.302 e. The highest BCUT2D eigenvalue weighted by Gasteiger charge is 2.19. The van der Waals surface area contributed by atoms with Gasteiger partial charge >= 0.3 is 7.82 Å². The van der Waals surface area contributed by atoms with Gasteiger partial charge < -0.3 is 4.89 Å². The van der Waals surface area contributed by atoms with E-state index >= 15 is 0 Å². The predicted molar refractivity (Wildman–Crippen MR) is 92.0 cm³/mol. The lowest BCUT2D eigenvalue weighted by molar-refractivity contribution is 0.103. The first-order valence-corrected chi connectivity index (χ1v) is 9.32. The maximum Gasteiger partial charge on any atom is 0.472 e. The molecule has 0 saturated heterocycles. The number of carbonyl (C=O) groups is 1. The minimum atomic E-state index is -3.91. The summed E-state index contributed by atoms with van der Waals surface area (Å²) < 4.78 is 20.8. The van der Waals surface area contributed by atoms with Crippen LogP contribution in [0.1, 0.15) is 34.8 Å². The van der Waals surface area contributed by atoms with E-state index in [1.165, 1.54) is 0 Å². The molecule has 0 spiro atoms. The van der Waals surface area contributed by atoms with Gasteiger partial charge in [0.25, 0.3) is 0 Å². The monoisotopic (exact) mass is 348 g/mol. The van der Waals surface area contributed by atoms with Crippen molar-refractivity contribution in [2.75, 3.05) is 13.2 Å². The number of phosphoric acid groups is 1. The molecule has 0 amide bonds. The molecule has 128 valence electrons. The molecule has 0 aliphatic rings. The van der Waals surface area contributed by atoms with Gasteiger partial charge in [0.1, 0.15) is 0 Å². The van der Waals surface area contributed by atoms with E-state index in [2.05, 4.69) is 4.52 Å². The van der Waals surface area contributed by atoms with E-state index in [1.54, 1.807) is 31.2 Å². The number of carbonyl (C=O) groups excluding carboxylic acids is 1. The molecule has 5 nitrogen and oxygen atoms in total. The maximum absolute atomic E-state index is 12.3. The van der Waals surface area contributed by atoms with E-state index in [-0.39, 0.29) is 19.0 Å². The van der Waals surface area contributed by atoms with Crippen LogP contribution in [0.4, 0.5) is 0 Å². The van der Waals surface area contributed by atoms with Gasteiger partial charge in [0.2, 0.25) is 0 Å². The normalized spacial score (nSPS) is 13.4. The van der Waals surface area contributed by atoms with Gasteiger partial charge in [-0.3, -0.25) is 13.8 Å². The Bertz CT molecular complexity index is 697. The lowest BCUT2D eigenvalue weighted by Gasteiger charge is -2.10. The van der Waals surface area contributed by atoms with E-state index in [4.69, 9.17) is 4.52 Å². The van der Waals surface area contributed by atoms with Crippen LogP contribution in [0.3, 0.4) is 0 Å². The fourth-order valence-electron chi connectivity index (χ4n) is 2.24. The van der Waals surface area contributed by atoms with E-state index in [9.17, 15) is 14.3 Å². The molecule has 2 aromatic carbocycles. The van der Waals surface area contributed by atoms with Gasteiger partial charge in [-0.25, -0.2) is 4.57 Å². The second-order valence-corrected chi connectivity index (χ2v) is 6.67. The van der Waals surface area contributed by atoms with Crippen molar-refractivity contribution in [2.45, 2.75) is 19.8 Å². The highest BCUT2D eigenvalue weighted by Crippen LogP contribution is 2.42. The number of phosphoric ester groups is 1. The van der Waals surface area contributed by atoms with Crippen molar-refractivity contribution in [3.63, 3.8) is 0 Å². The van der Waals surface area contributed by atoms with Crippen LogP contribution in [-0.2, 0) is 20.0 Å². The third-order valence-electron chi connectivity index (χ3n) is 3.41. The van der Waals surface area contributed by atoms with E-state index in [0.717, 1.165) is 5.56 Å². The lowest BCUT2D eigenvalue weighted by atomic mass is 10.0. The fraction of sp³-hybridized carbons (Fsp3) is 0.278. The summed E-state index contributed by atoms with van der Waals surface area (Å²) in [4.78, 5) is 21.6. The van der Waals surface area contributed by atoms with Gasteiger partial charge in [-0.15, -0.1) is 0 Å². The van der Waals surface area contributed by atoms with Crippen LogP contribution >= 0.6 is 7.82 Å². The van der Waals surface area contributed by atoms with Crippen molar-refractivity contribution in [2.24, 2.45) is 0 Å². The zero-order chi connectivity index (χ0) is 17.4. The van der Waals surface area contributed by atoms with Gasteiger partial charge in [0, 0.05) is 11.1 Å². The molecule has 0 aliphatic carbocycles. The first-order valence-electron chi connectivity index (χ1n) is 7.82. The Morgan fingerprint density at radius 3 is 2.25 bits per heavy atom. The number of rotatable bonds is 9. The van der Waals surface area contributed by atoms with Gasteiger partial charge in [0.05, 0.1) is 13.2 Å². The third kappa shape index (κ3) is 5.69. The zero-order valence-electron chi connectivity index (χ0n) is 13.6. The molecule has 1 unspecified atom stereocenters. The summed E-state index contributed by atoms with van der Waals surface area (Å²) in [5, 5.41) is 0. The summed E-state index contributed by atoms with van der Waals surface area (Å²) in [7, 11) is -3.91. The summed E-state index contributed by atoms with van der Waals surface area (Å²) in [6.45, 7) is 1.90. The first kappa shape index (κ1) is 18.6. The number of hydrogen-bond acceptors (Lipinski definition) is 4. The van der Waals surface area contributed by atoms with Crippen LogP contribution in [0.25, 0.3) is 0 Å². The number of ketones is 1. The summed E-state index contributed by atoms with van der Waals surface area (Å²) in [6.07, 6.45) is 1.27. The summed E-state index contributed by atoms with van der Waals surface area (Å²) in [5.41, 5.74) is 2.33. The first-order chi connectivity index (χ1) is 11.5. The summed E-state index contributed by atoms with van der Waals surface area (Å²) in [5.74, 6) is -0.0107. The second-order valence-electron chi connectivity index (χ2n) is 5.22. The van der Waals surface area contributed by atoms with Crippen LogP contribution in [0.15, 0.2) is 54.6 Å². The Hall–Kier alpha value is -1.78. The molecule has 1 atom stereocenters. The predicted octanol–water partition coefficient (Wildman–Crippen LogP) is 4.00. The maximum atomic E-state index is 12.3. The van der Waals surface area contributed by atoms with Crippen LogP contribution in [0.5, 0.6) is 0 Å². The van der Waals surface area contributed by atoms with Crippen molar-refractivity contribution < 1.29 is 23.3 Å². The Morgan fingerprint density at radius 2 is 1.62 bits per heavy atom. The highest BCUT2D eigenvalue weighted by atomic mass is 31.2. The molecule has 0 fully saturated rings. The largest absolute Gasteiger partial charge is 0.472 e. The van der Waals surface area contributed by atoms with Gasteiger partial charge in [-0.2, -0.15) is 0 Å². The molecule has 2 rings (SSSR count). The second kappa shape index (κ2) is 8.90. The average Bonchev–Trinajstić information content (AvgIpc) is 2.59. The topological polar surface area (TPSA) is 72.8 Å². The molecular formula is C18H21O5P. The standard InChI is InChI=1S/C18H21O5P/c1-2-22-24(20,21)23-14-6-7-15-10-12-17(13-11-15)18(19)16-8-4-3-5-9-16/h3-5,8-13H,2,6-7,14H2,1H3,(H,20,21). The number of aryl methyl sites for hydroxylation is 1. The molecule has 0 aromatic heterocycles. The lowest BCUT2D eigenvalue weighted by Crippen LogP contribution is -2.01. The minimum absolute atomic E-state index is 0.0107. The Morgan fingerprint density at radius 1 is 1.00 bits per heavy atom. The van der Waals surface area contributed by atoms with Crippen LogP contribution in [-0.4, -0.2) is 23.9 Å². The molecule has 0 bridgehead atoms. The molecular weight excluding hydrogens is 327 g/mol. The van der Waals surface area contributed by atoms with E-state index in [1.807, 2.05) is 30.3 Å². The van der Waals surface area contributed by atoms with Crippen molar-refractivity contribution in [3.8, 4) is 0 Å². The van der Waals surface area contributed by atoms with Crippen LogP contribution < -0.4 is 0 Å². The fourth-order valence-corrected chi connectivity index (χ4v) is 3.00. The Balaban J connectivity index is 1.84. The molecule has 0 saturated carbocycles. The quantitative estimate of drug-likeness (QED) is 0.421.